The number of carbonyl (C=O) groups excluding carboxylic acids is 2. The number of methoxy groups -OCH3 is 1. The van der Waals surface area contributed by atoms with Gasteiger partial charge in [-0.1, -0.05) is 38.5 Å². The van der Waals surface area contributed by atoms with Crippen LogP contribution >= 0.6 is 0 Å². The second-order valence-electron chi connectivity index (χ2n) is 9.43. The summed E-state index contributed by atoms with van der Waals surface area (Å²) in [7, 11) is 3.19. The zero-order valence-corrected chi connectivity index (χ0v) is 20.9. The number of carbonyl (C=O) groups is 2. The fraction of sp³-hybridized carbons (Fsp3) is 0.346. The molecule has 1 aromatic heterocycles. The molecule has 0 aliphatic carbocycles. The van der Waals surface area contributed by atoms with Crippen molar-refractivity contribution in [2.24, 2.45) is 0 Å². The molecule has 0 aliphatic heterocycles. The molecule has 0 fully saturated rings. The number of aromatic nitrogens is 2. The zero-order valence-electron chi connectivity index (χ0n) is 20.9. The van der Waals surface area contributed by atoms with Gasteiger partial charge in [0.25, 0.3) is 0 Å². The van der Waals surface area contributed by atoms with E-state index < -0.39 is 0 Å². The molecule has 0 saturated carbocycles. The molecule has 2 aromatic carbocycles. The van der Waals surface area contributed by atoms with Gasteiger partial charge in [0, 0.05) is 24.2 Å². The number of nitrogens with zero attached hydrogens (tertiary/aromatic N) is 3. The highest BCUT2D eigenvalue weighted by Crippen LogP contribution is 2.27. The van der Waals surface area contributed by atoms with Gasteiger partial charge in [0.05, 0.1) is 18.5 Å². The van der Waals surface area contributed by atoms with E-state index in [1.54, 1.807) is 18.8 Å². The van der Waals surface area contributed by atoms with E-state index in [9.17, 15) is 9.59 Å². The molecule has 0 radical (unpaired) electrons. The number of ether oxygens (including phenoxy) is 1. The molecular weight excluding hydrogens is 430 g/mol. The number of nitrogens with one attached hydrogen (secondary N) is 2. The van der Waals surface area contributed by atoms with E-state index in [-0.39, 0.29) is 23.9 Å². The van der Waals surface area contributed by atoms with Gasteiger partial charge in [0.15, 0.2) is 0 Å². The number of likely N-dealkylation sites (N-methyl/N-ethyl adjacent to an activating group) is 1. The Morgan fingerprint density at radius 1 is 1.03 bits per heavy atom. The molecule has 180 valence electrons. The van der Waals surface area contributed by atoms with Gasteiger partial charge in [-0.15, -0.1) is 0 Å². The number of rotatable bonds is 6. The number of aryl methyl sites for hydroxylation is 2. The normalized spacial score (nSPS) is 11.1. The van der Waals surface area contributed by atoms with Crippen molar-refractivity contribution in [3.63, 3.8) is 0 Å². The highest BCUT2D eigenvalue weighted by Gasteiger charge is 2.22. The smallest absolute Gasteiger partial charge is 0.322 e. The first-order chi connectivity index (χ1) is 16.0. The van der Waals surface area contributed by atoms with E-state index in [1.807, 2.05) is 62.4 Å². The second-order valence-corrected chi connectivity index (χ2v) is 9.43. The molecule has 34 heavy (non-hydrogen) atoms. The van der Waals surface area contributed by atoms with E-state index in [1.165, 1.54) is 4.90 Å². The molecule has 0 aliphatic rings. The summed E-state index contributed by atoms with van der Waals surface area (Å²) in [6.07, 6.45) is 0. The van der Waals surface area contributed by atoms with Crippen LogP contribution in [0.1, 0.15) is 37.6 Å². The van der Waals surface area contributed by atoms with Crippen molar-refractivity contribution in [2.45, 2.75) is 40.0 Å². The molecule has 1 heterocycles. The van der Waals surface area contributed by atoms with Crippen LogP contribution in [-0.2, 0) is 10.2 Å². The third-order valence-electron chi connectivity index (χ3n) is 5.41. The molecule has 0 unspecified atom stereocenters. The molecule has 0 atom stereocenters. The topological polar surface area (TPSA) is 88.5 Å². The number of amides is 3. The highest BCUT2D eigenvalue weighted by molar-refractivity contribution is 5.97. The summed E-state index contributed by atoms with van der Waals surface area (Å²) in [4.78, 5) is 26.8. The monoisotopic (exact) mass is 463 g/mol. The molecule has 8 nitrogen and oxygen atoms in total. The van der Waals surface area contributed by atoms with Crippen molar-refractivity contribution in [2.75, 3.05) is 31.3 Å². The van der Waals surface area contributed by atoms with E-state index in [0.717, 1.165) is 33.9 Å². The number of anilines is 2. The summed E-state index contributed by atoms with van der Waals surface area (Å²) in [5.41, 5.74) is 4.21. The van der Waals surface area contributed by atoms with Crippen molar-refractivity contribution in [1.82, 2.24) is 14.7 Å². The van der Waals surface area contributed by atoms with Gasteiger partial charge in [-0.25, -0.2) is 9.48 Å². The molecule has 0 saturated heterocycles. The van der Waals surface area contributed by atoms with Crippen LogP contribution < -0.4 is 15.4 Å². The third kappa shape index (κ3) is 5.95. The van der Waals surface area contributed by atoms with Gasteiger partial charge in [-0.05, 0) is 49.7 Å². The van der Waals surface area contributed by atoms with E-state index >= 15 is 0 Å². The quantitative estimate of drug-likeness (QED) is 0.544. The maximum Gasteiger partial charge on any atom is 0.322 e. The third-order valence-corrected chi connectivity index (χ3v) is 5.41. The van der Waals surface area contributed by atoms with Crippen LogP contribution in [0.5, 0.6) is 5.75 Å². The Morgan fingerprint density at radius 3 is 2.29 bits per heavy atom. The first-order valence-electron chi connectivity index (χ1n) is 11.1. The predicted molar refractivity (Wildman–Crippen MR) is 135 cm³/mol. The molecule has 3 amide bonds. The van der Waals surface area contributed by atoms with Gasteiger partial charge in [0.2, 0.25) is 5.91 Å². The standard InChI is InChI=1S/C26H33N5O3/c1-17-8-13-21(18(2)14-17)27-25(33)30(6)16-24(32)28-23-15-22(26(3,4)5)29-31(23)19-9-11-20(34-7)12-10-19/h8-15H,16H2,1-7H3,(H,27,33)(H,28,32). The average molecular weight is 464 g/mol. The van der Waals surface area contributed by atoms with Crippen molar-refractivity contribution in [3.8, 4) is 11.4 Å². The summed E-state index contributed by atoms with van der Waals surface area (Å²) in [5.74, 6) is 0.936. The number of hydrogen-bond donors (Lipinski definition) is 2. The first-order valence-corrected chi connectivity index (χ1v) is 11.1. The van der Waals surface area contributed by atoms with Gasteiger partial charge in [0.1, 0.15) is 18.1 Å². The summed E-state index contributed by atoms with van der Waals surface area (Å²) in [6.45, 7) is 9.99. The fourth-order valence-corrected chi connectivity index (χ4v) is 3.39. The largest absolute Gasteiger partial charge is 0.497 e. The second kappa shape index (κ2) is 9.99. The molecule has 3 aromatic rings. The number of hydrogen-bond acceptors (Lipinski definition) is 4. The van der Waals surface area contributed by atoms with Crippen molar-refractivity contribution in [1.29, 1.82) is 0 Å². The minimum Gasteiger partial charge on any atom is -0.497 e. The molecule has 0 bridgehead atoms. The molecule has 0 spiro atoms. The van der Waals surface area contributed by atoms with Crippen LogP contribution in [0.15, 0.2) is 48.5 Å². The summed E-state index contributed by atoms with van der Waals surface area (Å²) in [5, 5.41) is 10.5. The molecule has 8 heteroatoms. The Labute approximate surface area is 200 Å². The van der Waals surface area contributed by atoms with Crippen molar-refractivity contribution in [3.05, 3.63) is 65.4 Å². The SMILES string of the molecule is COc1ccc(-n2nc(C(C)(C)C)cc2NC(=O)CN(C)C(=O)Nc2ccc(C)cc2C)cc1. The van der Waals surface area contributed by atoms with Gasteiger partial charge >= 0.3 is 6.03 Å². The summed E-state index contributed by atoms with van der Waals surface area (Å²) < 4.78 is 6.93. The minimum atomic E-state index is -0.360. The van der Waals surface area contributed by atoms with E-state index in [4.69, 9.17) is 9.84 Å². The Hall–Kier alpha value is -3.81. The minimum absolute atomic E-state index is 0.116. The van der Waals surface area contributed by atoms with Crippen molar-refractivity contribution < 1.29 is 14.3 Å². The Kier molecular flexibility index (Phi) is 7.29. The fourth-order valence-electron chi connectivity index (χ4n) is 3.39. The molecule has 3 rings (SSSR count). The van der Waals surface area contributed by atoms with E-state index in [2.05, 4.69) is 31.4 Å². The van der Waals surface area contributed by atoms with Crippen LogP contribution in [-0.4, -0.2) is 47.3 Å². The van der Waals surface area contributed by atoms with Crippen LogP contribution in [0, 0.1) is 13.8 Å². The lowest BCUT2D eigenvalue weighted by Crippen LogP contribution is -2.38. The van der Waals surface area contributed by atoms with Crippen molar-refractivity contribution >= 4 is 23.4 Å². The number of urea groups is 1. The highest BCUT2D eigenvalue weighted by atomic mass is 16.5. The first kappa shape index (κ1) is 24.8. The maximum absolute atomic E-state index is 12.8. The van der Waals surface area contributed by atoms with Crippen LogP contribution in [0.3, 0.4) is 0 Å². The Bertz CT molecular complexity index is 1180. The van der Waals surface area contributed by atoms with Gasteiger partial charge in [-0.3, -0.25) is 4.79 Å². The van der Waals surface area contributed by atoms with Gasteiger partial charge < -0.3 is 20.3 Å². The lowest BCUT2D eigenvalue weighted by Gasteiger charge is -2.19. The van der Waals surface area contributed by atoms with Crippen LogP contribution in [0.2, 0.25) is 0 Å². The Morgan fingerprint density at radius 2 is 1.71 bits per heavy atom. The zero-order chi connectivity index (χ0) is 25.0. The lowest BCUT2D eigenvalue weighted by molar-refractivity contribution is -0.116. The van der Waals surface area contributed by atoms with Crippen LogP contribution in [0.4, 0.5) is 16.3 Å². The summed E-state index contributed by atoms with van der Waals surface area (Å²) in [6, 6.07) is 14.7. The predicted octanol–water partition coefficient (Wildman–Crippen LogP) is 4.90. The molecular formula is C26H33N5O3. The average Bonchev–Trinajstić information content (AvgIpc) is 3.19. The number of benzene rings is 2. The lowest BCUT2D eigenvalue weighted by atomic mass is 9.92. The summed E-state index contributed by atoms with van der Waals surface area (Å²) >= 11 is 0. The van der Waals surface area contributed by atoms with Crippen LogP contribution in [0.25, 0.3) is 5.69 Å². The van der Waals surface area contributed by atoms with Gasteiger partial charge in [-0.2, -0.15) is 5.10 Å². The maximum atomic E-state index is 12.8. The molecule has 2 N–H and O–H groups in total. The Balaban J connectivity index is 1.75. The van der Waals surface area contributed by atoms with E-state index in [0.29, 0.717) is 5.82 Å².